The van der Waals surface area contributed by atoms with Gasteiger partial charge in [0, 0.05) is 24.7 Å². The fourth-order valence-electron chi connectivity index (χ4n) is 1.98. The maximum Gasteiger partial charge on any atom is 0.255 e. The normalized spacial score (nSPS) is 12.0. The SMILES string of the molecule is CCCNc1ccc(C(=O)N(C)C(C)c2cccs2)cn1. The number of amides is 1. The summed E-state index contributed by atoms with van der Waals surface area (Å²) < 4.78 is 0. The zero-order chi connectivity index (χ0) is 15.2. The Labute approximate surface area is 129 Å². The molecule has 1 N–H and O–H groups in total. The highest BCUT2D eigenvalue weighted by Crippen LogP contribution is 2.24. The van der Waals surface area contributed by atoms with Crippen LogP contribution in [0.2, 0.25) is 0 Å². The van der Waals surface area contributed by atoms with Crippen LogP contribution in [-0.4, -0.2) is 29.4 Å². The van der Waals surface area contributed by atoms with E-state index in [2.05, 4.69) is 23.3 Å². The summed E-state index contributed by atoms with van der Waals surface area (Å²) in [4.78, 5) is 19.7. The quantitative estimate of drug-likeness (QED) is 0.883. The van der Waals surface area contributed by atoms with Crippen LogP contribution in [0, 0.1) is 0 Å². The zero-order valence-electron chi connectivity index (χ0n) is 12.7. The molecule has 0 spiro atoms. The first kappa shape index (κ1) is 15.5. The van der Waals surface area contributed by atoms with Crippen LogP contribution in [0.15, 0.2) is 35.8 Å². The molecule has 2 heterocycles. The van der Waals surface area contributed by atoms with Crippen LogP contribution < -0.4 is 5.32 Å². The van der Waals surface area contributed by atoms with Crippen LogP contribution >= 0.6 is 11.3 Å². The summed E-state index contributed by atoms with van der Waals surface area (Å²) in [6.07, 6.45) is 2.68. The summed E-state index contributed by atoms with van der Waals surface area (Å²) in [5, 5.41) is 5.23. The minimum absolute atomic E-state index is 0.00885. The van der Waals surface area contributed by atoms with Crippen molar-refractivity contribution in [2.45, 2.75) is 26.3 Å². The summed E-state index contributed by atoms with van der Waals surface area (Å²) in [6.45, 7) is 5.02. The van der Waals surface area contributed by atoms with E-state index < -0.39 is 0 Å². The molecule has 1 unspecified atom stereocenters. The van der Waals surface area contributed by atoms with Crippen LogP contribution in [0.1, 0.15) is 41.5 Å². The van der Waals surface area contributed by atoms with Crippen molar-refractivity contribution < 1.29 is 4.79 Å². The molecule has 0 bridgehead atoms. The second-order valence-corrected chi connectivity index (χ2v) is 5.95. The molecule has 0 radical (unpaired) electrons. The van der Waals surface area contributed by atoms with Crippen molar-refractivity contribution in [3.05, 3.63) is 46.3 Å². The zero-order valence-corrected chi connectivity index (χ0v) is 13.5. The summed E-state index contributed by atoms with van der Waals surface area (Å²) in [7, 11) is 1.83. The molecule has 0 aromatic carbocycles. The lowest BCUT2D eigenvalue weighted by Gasteiger charge is -2.24. The molecule has 112 valence electrons. The molecule has 21 heavy (non-hydrogen) atoms. The molecule has 0 saturated carbocycles. The Balaban J connectivity index is 2.05. The maximum atomic E-state index is 12.5. The van der Waals surface area contributed by atoms with Gasteiger partial charge in [-0.15, -0.1) is 11.3 Å². The molecule has 0 aliphatic heterocycles. The Morgan fingerprint density at radius 1 is 1.43 bits per heavy atom. The van der Waals surface area contributed by atoms with Gasteiger partial charge in [-0.3, -0.25) is 4.79 Å². The van der Waals surface area contributed by atoms with E-state index in [9.17, 15) is 4.79 Å². The molecule has 0 fully saturated rings. The van der Waals surface area contributed by atoms with Gasteiger partial charge in [-0.1, -0.05) is 13.0 Å². The molecule has 1 atom stereocenters. The van der Waals surface area contributed by atoms with Gasteiger partial charge in [-0.05, 0) is 36.9 Å². The van der Waals surface area contributed by atoms with Crippen LogP contribution in [0.5, 0.6) is 0 Å². The van der Waals surface area contributed by atoms with Gasteiger partial charge in [-0.25, -0.2) is 4.98 Å². The van der Waals surface area contributed by atoms with E-state index in [-0.39, 0.29) is 11.9 Å². The van der Waals surface area contributed by atoms with E-state index in [0.29, 0.717) is 5.56 Å². The molecule has 5 heteroatoms. The predicted molar refractivity (Wildman–Crippen MR) is 87.8 cm³/mol. The molecular formula is C16H21N3OS. The van der Waals surface area contributed by atoms with E-state index in [4.69, 9.17) is 0 Å². The number of carbonyl (C=O) groups is 1. The van der Waals surface area contributed by atoms with Gasteiger partial charge >= 0.3 is 0 Å². The third-order valence-corrected chi connectivity index (χ3v) is 4.47. The van der Waals surface area contributed by atoms with E-state index in [0.717, 1.165) is 18.8 Å². The van der Waals surface area contributed by atoms with Crippen LogP contribution in [0.25, 0.3) is 0 Å². The standard InChI is InChI=1S/C16H21N3OS/c1-4-9-17-15-8-7-13(11-18-15)16(20)19(3)12(2)14-6-5-10-21-14/h5-8,10-12H,4,9H2,1-3H3,(H,17,18). The van der Waals surface area contributed by atoms with Crippen LogP contribution in [-0.2, 0) is 0 Å². The number of nitrogens with one attached hydrogen (secondary N) is 1. The first-order chi connectivity index (χ1) is 10.1. The number of nitrogens with zero attached hydrogens (tertiary/aromatic N) is 2. The van der Waals surface area contributed by atoms with Crippen molar-refractivity contribution in [3.8, 4) is 0 Å². The van der Waals surface area contributed by atoms with Gasteiger partial charge in [-0.2, -0.15) is 0 Å². The van der Waals surface area contributed by atoms with Crippen molar-refractivity contribution in [1.29, 1.82) is 0 Å². The van der Waals surface area contributed by atoms with Gasteiger partial charge in [0.2, 0.25) is 0 Å². The lowest BCUT2D eigenvalue weighted by molar-refractivity contribution is 0.0744. The minimum Gasteiger partial charge on any atom is -0.370 e. The number of thiophene rings is 1. The highest BCUT2D eigenvalue weighted by Gasteiger charge is 2.19. The third kappa shape index (κ3) is 3.82. The Hall–Kier alpha value is -1.88. The molecule has 2 rings (SSSR count). The molecule has 4 nitrogen and oxygen atoms in total. The average molecular weight is 303 g/mol. The maximum absolute atomic E-state index is 12.5. The van der Waals surface area contributed by atoms with E-state index in [1.54, 1.807) is 22.4 Å². The summed E-state index contributed by atoms with van der Waals surface area (Å²) >= 11 is 1.66. The van der Waals surface area contributed by atoms with Crippen molar-refractivity contribution in [3.63, 3.8) is 0 Å². The van der Waals surface area contributed by atoms with Gasteiger partial charge < -0.3 is 10.2 Å². The second kappa shape index (κ2) is 7.22. The van der Waals surface area contributed by atoms with Crippen molar-refractivity contribution in [2.75, 3.05) is 18.9 Å². The van der Waals surface area contributed by atoms with Gasteiger partial charge in [0.05, 0.1) is 11.6 Å². The first-order valence-electron chi connectivity index (χ1n) is 7.14. The van der Waals surface area contributed by atoms with Crippen molar-refractivity contribution in [2.24, 2.45) is 0 Å². The Bertz CT molecular complexity index is 566. The van der Waals surface area contributed by atoms with Gasteiger partial charge in [0.15, 0.2) is 0 Å². The molecule has 2 aromatic heterocycles. The fraction of sp³-hybridized carbons (Fsp3) is 0.375. The minimum atomic E-state index is -0.00885. The van der Waals surface area contributed by atoms with E-state index in [1.165, 1.54) is 4.88 Å². The van der Waals surface area contributed by atoms with Crippen molar-refractivity contribution in [1.82, 2.24) is 9.88 Å². The van der Waals surface area contributed by atoms with Crippen LogP contribution in [0.4, 0.5) is 5.82 Å². The second-order valence-electron chi connectivity index (χ2n) is 4.97. The largest absolute Gasteiger partial charge is 0.370 e. The number of rotatable bonds is 6. The summed E-state index contributed by atoms with van der Waals surface area (Å²) in [5.74, 6) is 0.799. The first-order valence-corrected chi connectivity index (χ1v) is 8.02. The van der Waals surface area contributed by atoms with Crippen LogP contribution in [0.3, 0.4) is 0 Å². The van der Waals surface area contributed by atoms with Crippen molar-refractivity contribution >= 4 is 23.1 Å². The molecule has 0 aliphatic rings. The number of pyridine rings is 1. The Kier molecular flexibility index (Phi) is 5.33. The number of anilines is 1. The predicted octanol–water partition coefficient (Wildman–Crippen LogP) is 3.80. The summed E-state index contributed by atoms with van der Waals surface area (Å²) in [6, 6.07) is 7.80. The molecule has 0 aliphatic carbocycles. The summed E-state index contributed by atoms with van der Waals surface area (Å²) in [5.41, 5.74) is 0.614. The monoisotopic (exact) mass is 303 g/mol. The highest BCUT2D eigenvalue weighted by molar-refractivity contribution is 7.10. The highest BCUT2D eigenvalue weighted by atomic mass is 32.1. The van der Waals surface area contributed by atoms with E-state index >= 15 is 0 Å². The van der Waals surface area contributed by atoms with E-state index in [1.807, 2.05) is 37.6 Å². The Morgan fingerprint density at radius 2 is 2.24 bits per heavy atom. The van der Waals surface area contributed by atoms with Gasteiger partial charge in [0.25, 0.3) is 5.91 Å². The molecule has 0 saturated heterocycles. The number of hydrogen-bond donors (Lipinski definition) is 1. The molecular weight excluding hydrogens is 282 g/mol. The number of carbonyl (C=O) groups excluding carboxylic acids is 1. The molecule has 1 amide bonds. The third-order valence-electron chi connectivity index (χ3n) is 3.42. The Morgan fingerprint density at radius 3 is 2.81 bits per heavy atom. The lowest BCUT2D eigenvalue weighted by atomic mass is 10.2. The fourth-order valence-corrected chi connectivity index (χ4v) is 2.80. The average Bonchev–Trinajstić information content (AvgIpc) is 3.05. The number of aromatic nitrogens is 1. The van der Waals surface area contributed by atoms with Gasteiger partial charge in [0.1, 0.15) is 5.82 Å². The topological polar surface area (TPSA) is 45.2 Å². The molecule has 2 aromatic rings. The number of hydrogen-bond acceptors (Lipinski definition) is 4. The smallest absolute Gasteiger partial charge is 0.255 e. The lowest BCUT2D eigenvalue weighted by Crippen LogP contribution is -2.29.